The Bertz CT molecular complexity index is 466. The fourth-order valence-corrected chi connectivity index (χ4v) is 3.46. The highest BCUT2D eigenvalue weighted by atomic mass is 28.2. The van der Waals surface area contributed by atoms with E-state index in [-0.39, 0.29) is 11.7 Å². The molecule has 0 aliphatic heterocycles. The van der Waals surface area contributed by atoms with Crippen molar-refractivity contribution in [1.29, 1.82) is 0 Å². The summed E-state index contributed by atoms with van der Waals surface area (Å²) in [6.07, 6.45) is 0.578. The van der Waals surface area contributed by atoms with Crippen LogP contribution in [0.25, 0.3) is 0 Å². The van der Waals surface area contributed by atoms with Crippen LogP contribution in [0, 0.1) is 5.41 Å². The molecule has 1 N–H and O–H groups in total. The number of hydrogen-bond acceptors (Lipinski definition) is 4. The van der Waals surface area contributed by atoms with Gasteiger partial charge in [-0.2, -0.15) is 0 Å². The molecule has 1 aromatic rings. The van der Waals surface area contributed by atoms with Gasteiger partial charge in [-0.05, 0) is 39.4 Å². The molecule has 0 atom stereocenters. The Labute approximate surface area is 145 Å². The molecule has 0 fully saturated rings. The Hall–Kier alpha value is -0.666. The van der Waals surface area contributed by atoms with Crippen LogP contribution in [-0.4, -0.2) is 37.5 Å². The van der Waals surface area contributed by atoms with Crippen LogP contribution in [0.5, 0.6) is 5.75 Å². The summed E-state index contributed by atoms with van der Waals surface area (Å²) >= 11 is 0. The van der Waals surface area contributed by atoms with Gasteiger partial charge in [0, 0.05) is 11.0 Å². The number of hydrogen-bond donors (Lipinski definition) is 1. The first-order valence-corrected chi connectivity index (χ1v) is 10.6. The van der Waals surface area contributed by atoms with Crippen LogP contribution in [0.4, 0.5) is 0 Å². The largest absolute Gasteiger partial charge is 0.493 e. The van der Waals surface area contributed by atoms with E-state index in [1.165, 1.54) is 0 Å². The summed E-state index contributed by atoms with van der Waals surface area (Å²) in [6, 6.07) is 7.62. The third-order valence-corrected chi connectivity index (χ3v) is 4.54. The Morgan fingerprint density at radius 1 is 1.04 bits per heavy atom. The lowest BCUT2D eigenvalue weighted by Gasteiger charge is -2.34. The van der Waals surface area contributed by atoms with Gasteiger partial charge in [0.15, 0.2) is 0 Å². The molecule has 4 nitrogen and oxygen atoms in total. The van der Waals surface area contributed by atoms with Crippen LogP contribution in [0.3, 0.4) is 0 Å². The Kier molecular flexibility index (Phi) is 7.96. The highest BCUT2D eigenvalue weighted by Crippen LogP contribution is 2.32. The highest BCUT2D eigenvalue weighted by molar-refractivity contribution is 6.26. The smallest absolute Gasteiger partial charge is 0.229 e. The molecule has 0 amide bonds. The van der Waals surface area contributed by atoms with E-state index >= 15 is 0 Å². The third-order valence-electron chi connectivity index (χ3n) is 3.64. The quantitative estimate of drug-likeness (QED) is 0.518. The van der Waals surface area contributed by atoms with Gasteiger partial charge in [0.1, 0.15) is 12.0 Å². The van der Waals surface area contributed by atoms with Crippen molar-refractivity contribution in [3.63, 3.8) is 0 Å². The monoisotopic (exact) mass is 352 g/mol. The molecule has 0 heterocycles. The first-order chi connectivity index (χ1) is 10.7. The van der Waals surface area contributed by atoms with E-state index in [1.54, 1.807) is 13.8 Å². The number of aliphatic hydroxyl groups is 1. The van der Waals surface area contributed by atoms with Gasteiger partial charge < -0.3 is 18.7 Å². The van der Waals surface area contributed by atoms with Gasteiger partial charge in [0.05, 0.1) is 12.2 Å². The van der Waals surface area contributed by atoms with Crippen molar-refractivity contribution in [1.82, 2.24) is 0 Å². The zero-order valence-corrected chi connectivity index (χ0v) is 17.0. The van der Waals surface area contributed by atoms with E-state index < -0.39 is 5.60 Å². The average molecular weight is 353 g/mol. The van der Waals surface area contributed by atoms with Crippen molar-refractivity contribution in [3.8, 4) is 5.75 Å². The SMILES string of the molecule is C[Si]OC(O[Si]C)C(C)(C)CCOc1ccccc1C(C)(C)O. The second-order valence-electron chi connectivity index (χ2n) is 6.62. The molecular formula is C17H28O4Si2. The minimum atomic E-state index is -0.923. The molecule has 0 unspecified atom stereocenters. The first-order valence-electron chi connectivity index (χ1n) is 7.82. The lowest BCUT2D eigenvalue weighted by molar-refractivity contribution is -0.0855. The summed E-state index contributed by atoms with van der Waals surface area (Å²) in [5.74, 6) is 0.726. The molecule has 128 valence electrons. The molecule has 0 aromatic heterocycles. The van der Waals surface area contributed by atoms with Gasteiger partial charge in [-0.25, -0.2) is 0 Å². The zero-order chi connectivity index (χ0) is 17.5. The van der Waals surface area contributed by atoms with Crippen LogP contribution in [0.15, 0.2) is 24.3 Å². The highest BCUT2D eigenvalue weighted by Gasteiger charge is 2.30. The van der Waals surface area contributed by atoms with Gasteiger partial charge in [0.2, 0.25) is 19.5 Å². The van der Waals surface area contributed by atoms with Crippen molar-refractivity contribution in [3.05, 3.63) is 29.8 Å². The van der Waals surface area contributed by atoms with E-state index in [4.69, 9.17) is 13.6 Å². The summed E-state index contributed by atoms with van der Waals surface area (Å²) in [7, 11) is 0.791. The fraction of sp³-hybridized carbons (Fsp3) is 0.647. The predicted octanol–water partition coefficient (Wildman–Crippen LogP) is 3.40. The minimum absolute atomic E-state index is 0.143. The van der Waals surface area contributed by atoms with Gasteiger partial charge in [-0.15, -0.1) is 0 Å². The second-order valence-corrected chi connectivity index (χ2v) is 7.91. The van der Waals surface area contributed by atoms with Crippen molar-refractivity contribution in [2.75, 3.05) is 6.61 Å². The summed E-state index contributed by atoms with van der Waals surface area (Å²) < 4.78 is 17.4. The Morgan fingerprint density at radius 3 is 2.13 bits per heavy atom. The minimum Gasteiger partial charge on any atom is -0.493 e. The molecule has 6 heteroatoms. The molecule has 0 bridgehead atoms. The van der Waals surface area contributed by atoms with E-state index in [9.17, 15) is 5.11 Å². The zero-order valence-electron chi connectivity index (χ0n) is 15.0. The number of rotatable bonds is 10. The first kappa shape index (κ1) is 20.4. The van der Waals surface area contributed by atoms with E-state index in [0.717, 1.165) is 17.7 Å². The molecule has 0 spiro atoms. The maximum Gasteiger partial charge on any atom is 0.229 e. The van der Waals surface area contributed by atoms with Crippen molar-refractivity contribution in [2.45, 2.75) is 59.1 Å². The van der Waals surface area contributed by atoms with Gasteiger partial charge >= 0.3 is 0 Å². The normalized spacial score (nSPS) is 12.7. The van der Waals surface area contributed by atoms with Gasteiger partial charge in [0.25, 0.3) is 0 Å². The van der Waals surface area contributed by atoms with Crippen LogP contribution in [0.1, 0.15) is 39.7 Å². The van der Waals surface area contributed by atoms with E-state index in [0.29, 0.717) is 26.1 Å². The summed E-state index contributed by atoms with van der Waals surface area (Å²) in [4.78, 5) is 0. The summed E-state index contributed by atoms with van der Waals surface area (Å²) in [5.41, 5.74) is -0.268. The molecule has 1 rings (SSSR count). The van der Waals surface area contributed by atoms with Crippen molar-refractivity contribution < 1.29 is 18.7 Å². The van der Waals surface area contributed by atoms with Crippen molar-refractivity contribution in [2.24, 2.45) is 5.41 Å². The number of ether oxygens (including phenoxy) is 1. The Morgan fingerprint density at radius 2 is 1.61 bits per heavy atom. The lowest BCUT2D eigenvalue weighted by Crippen LogP contribution is -2.37. The third kappa shape index (κ3) is 6.39. The van der Waals surface area contributed by atoms with Crippen LogP contribution in [0.2, 0.25) is 13.1 Å². The topological polar surface area (TPSA) is 47.9 Å². The van der Waals surface area contributed by atoms with Crippen LogP contribution < -0.4 is 4.74 Å². The maximum absolute atomic E-state index is 10.2. The standard InChI is InChI=1S/C17H28O4Si2/c1-16(2,15(20-22-5)21-23-6)11-12-19-14-10-8-7-9-13(14)17(3,4)18/h7-10,15,18H,11-12H2,1-6H3. The molecule has 0 aliphatic carbocycles. The summed E-state index contributed by atoms with van der Waals surface area (Å²) in [6.45, 7) is 12.3. The second kappa shape index (κ2) is 8.98. The number of benzene rings is 1. The molecule has 0 saturated carbocycles. The fourth-order valence-electron chi connectivity index (χ4n) is 2.20. The average Bonchev–Trinajstić information content (AvgIpc) is 2.46. The summed E-state index contributed by atoms with van der Waals surface area (Å²) in [5, 5.41) is 10.2. The molecule has 23 heavy (non-hydrogen) atoms. The Balaban J connectivity index is 2.69. The molecule has 1 aromatic carbocycles. The van der Waals surface area contributed by atoms with Crippen molar-refractivity contribution >= 4 is 19.5 Å². The van der Waals surface area contributed by atoms with Gasteiger partial charge in [-0.1, -0.05) is 32.0 Å². The molecule has 0 aliphatic rings. The van der Waals surface area contributed by atoms with Gasteiger partial charge in [-0.3, -0.25) is 0 Å². The van der Waals surface area contributed by atoms with E-state index in [1.807, 2.05) is 37.4 Å². The molecular weight excluding hydrogens is 324 g/mol. The molecule has 0 saturated heterocycles. The van der Waals surface area contributed by atoms with Crippen LogP contribution in [-0.2, 0) is 14.5 Å². The maximum atomic E-state index is 10.2. The molecule has 4 radical (unpaired) electrons. The predicted molar refractivity (Wildman–Crippen MR) is 94.8 cm³/mol. The number of para-hydroxylation sites is 1. The van der Waals surface area contributed by atoms with E-state index in [2.05, 4.69) is 13.8 Å². The van der Waals surface area contributed by atoms with Crippen LogP contribution >= 0.6 is 0 Å². The lowest BCUT2D eigenvalue weighted by atomic mass is 9.89.